The molecular formula is C14H10Cl2F3N3O3. The fraction of sp³-hybridized carbons (Fsp3) is 0.214. The van der Waals surface area contributed by atoms with Gasteiger partial charge in [-0.05, 0) is 12.1 Å². The van der Waals surface area contributed by atoms with E-state index in [-0.39, 0.29) is 33.2 Å². The zero-order chi connectivity index (χ0) is 18.9. The first-order valence-electron chi connectivity index (χ1n) is 6.57. The molecule has 0 spiro atoms. The summed E-state index contributed by atoms with van der Waals surface area (Å²) < 4.78 is 43.5. The van der Waals surface area contributed by atoms with Gasteiger partial charge in [0, 0.05) is 26.2 Å². The Hall–Kier alpha value is -2.26. The number of benzene rings is 1. The summed E-state index contributed by atoms with van der Waals surface area (Å²) >= 11 is 11.6. The van der Waals surface area contributed by atoms with E-state index in [1.165, 1.54) is 25.1 Å². The first-order chi connectivity index (χ1) is 11.5. The average molecular weight is 396 g/mol. The first-order valence-corrected chi connectivity index (χ1v) is 7.33. The molecule has 0 fully saturated rings. The zero-order valence-electron chi connectivity index (χ0n) is 12.8. The van der Waals surface area contributed by atoms with Crippen molar-refractivity contribution in [3.8, 4) is 11.6 Å². The van der Waals surface area contributed by atoms with Crippen molar-refractivity contribution in [1.29, 1.82) is 0 Å². The van der Waals surface area contributed by atoms with Crippen LogP contribution < -0.4 is 9.64 Å². The van der Waals surface area contributed by atoms with Gasteiger partial charge in [0.15, 0.2) is 5.75 Å². The average Bonchev–Trinajstić information content (AvgIpc) is 2.49. The highest BCUT2D eigenvalue weighted by molar-refractivity contribution is 6.37. The van der Waals surface area contributed by atoms with Crippen LogP contribution in [0.3, 0.4) is 0 Å². The summed E-state index contributed by atoms with van der Waals surface area (Å²) in [4.78, 5) is 15.7. The van der Waals surface area contributed by atoms with Crippen molar-refractivity contribution >= 4 is 34.7 Å². The minimum Gasteiger partial charge on any atom is -0.436 e. The van der Waals surface area contributed by atoms with Gasteiger partial charge in [-0.1, -0.05) is 23.2 Å². The summed E-state index contributed by atoms with van der Waals surface area (Å²) in [7, 11) is 3.08. The molecule has 1 aromatic heterocycles. The van der Waals surface area contributed by atoms with Crippen LogP contribution in [-0.2, 0) is 6.18 Å². The molecule has 6 nitrogen and oxygen atoms in total. The van der Waals surface area contributed by atoms with Gasteiger partial charge in [-0.3, -0.25) is 10.1 Å². The lowest BCUT2D eigenvalue weighted by atomic mass is 10.2. The predicted molar refractivity (Wildman–Crippen MR) is 86.8 cm³/mol. The number of hydrogen-bond donors (Lipinski definition) is 0. The van der Waals surface area contributed by atoms with Gasteiger partial charge >= 0.3 is 11.9 Å². The third kappa shape index (κ3) is 4.23. The van der Waals surface area contributed by atoms with E-state index in [1.807, 2.05) is 0 Å². The monoisotopic (exact) mass is 395 g/mol. The highest BCUT2D eigenvalue weighted by atomic mass is 35.5. The van der Waals surface area contributed by atoms with E-state index in [9.17, 15) is 23.3 Å². The molecule has 2 aromatic rings. The molecule has 25 heavy (non-hydrogen) atoms. The van der Waals surface area contributed by atoms with Crippen LogP contribution in [0, 0.1) is 10.1 Å². The topological polar surface area (TPSA) is 68.5 Å². The molecule has 0 aliphatic rings. The maximum Gasteiger partial charge on any atom is 0.416 e. The lowest BCUT2D eigenvalue weighted by molar-refractivity contribution is -0.384. The van der Waals surface area contributed by atoms with Gasteiger partial charge in [-0.2, -0.15) is 18.2 Å². The summed E-state index contributed by atoms with van der Waals surface area (Å²) in [5, 5.41) is 10.2. The largest absolute Gasteiger partial charge is 0.436 e. The van der Waals surface area contributed by atoms with Crippen LogP contribution in [0.5, 0.6) is 11.6 Å². The van der Waals surface area contributed by atoms with Crippen LogP contribution in [0.15, 0.2) is 24.3 Å². The van der Waals surface area contributed by atoms with Crippen molar-refractivity contribution in [1.82, 2.24) is 4.98 Å². The molecule has 0 unspecified atom stereocenters. The second-order valence-corrected chi connectivity index (χ2v) is 5.83. The molecule has 0 atom stereocenters. The minimum absolute atomic E-state index is 0.00153. The third-order valence-corrected chi connectivity index (χ3v) is 3.54. The Morgan fingerprint density at radius 2 is 1.76 bits per heavy atom. The van der Waals surface area contributed by atoms with Crippen LogP contribution in [0.25, 0.3) is 0 Å². The Balaban J connectivity index is 2.44. The van der Waals surface area contributed by atoms with E-state index in [1.54, 1.807) is 0 Å². The second kappa shape index (κ2) is 6.93. The molecule has 134 valence electrons. The van der Waals surface area contributed by atoms with Crippen molar-refractivity contribution in [2.75, 3.05) is 19.0 Å². The number of hydrogen-bond acceptors (Lipinski definition) is 5. The van der Waals surface area contributed by atoms with Gasteiger partial charge in [0.05, 0.1) is 20.5 Å². The molecule has 11 heteroatoms. The van der Waals surface area contributed by atoms with E-state index in [0.29, 0.717) is 12.1 Å². The van der Waals surface area contributed by atoms with E-state index >= 15 is 0 Å². The fourth-order valence-corrected chi connectivity index (χ4v) is 2.44. The number of anilines is 1. The summed E-state index contributed by atoms with van der Waals surface area (Å²) in [6.07, 6.45) is -4.62. The van der Waals surface area contributed by atoms with E-state index in [2.05, 4.69) is 4.98 Å². The predicted octanol–water partition coefficient (Wildman–Crippen LogP) is 5.17. The maximum atomic E-state index is 12.7. The third-order valence-electron chi connectivity index (χ3n) is 2.98. The van der Waals surface area contributed by atoms with Crippen LogP contribution in [0.2, 0.25) is 10.0 Å². The van der Waals surface area contributed by atoms with E-state index in [4.69, 9.17) is 27.9 Å². The highest BCUT2D eigenvalue weighted by Gasteiger charge is 2.32. The van der Waals surface area contributed by atoms with Gasteiger partial charge < -0.3 is 9.64 Å². The molecule has 0 N–H and O–H groups in total. The van der Waals surface area contributed by atoms with Crippen LogP contribution in [0.1, 0.15) is 5.56 Å². The number of nitrogens with zero attached hydrogens (tertiary/aromatic N) is 3. The molecule has 0 saturated heterocycles. The van der Waals surface area contributed by atoms with Crippen molar-refractivity contribution in [3.05, 3.63) is 50.0 Å². The second-order valence-electron chi connectivity index (χ2n) is 5.01. The number of alkyl halides is 3. The Morgan fingerprint density at radius 1 is 1.20 bits per heavy atom. The Bertz CT molecular complexity index is 806. The molecular weight excluding hydrogens is 386 g/mol. The van der Waals surface area contributed by atoms with E-state index < -0.39 is 16.7 Å². The number of halogens is 5. The van der Waals surface area contributed by atoms with Gasteiger partial charge in [-0.25, -0.2) is 0 Å². The Morgan fingerprint density at radius 3 is 2.20 bits per heavy atom. The summed E-state index contributed by atoms with van der Waals surface area (Å²) in [6, 6.07) is 3.68. The summed E-state index contributed by atoms with van der Waals surface area (Å²) in [5.41, 5.74) is -1.29. The number of ether oxygens (including phenoxy) is 1. The normalized spacial score (nSPS) is 11.3. The smallest absolute Gasteiger partial charge is 0.416 e. The SMILES string of the molecule is CN(C)c1nc(Oc2c(Cl)cc(C(F)(F)F)cc2Cl)ccc1[N+](=O)[O-]. The highest BCUT2D eigenvalue weighted by Crippen LogP contribution is 2.42. The lowest BCUT2D eigenvalue weighted by Gasteiger charge is -2.15. The van der Waals surface area contributed by atoms with Crippen molar-refractivity contribution in [3.63, 3.8) is 0 Å². The zero-order valence-corrected chi connectivity index (χ0v) is 14.3. The number of nitro groups is 1. The first kappa shape index (κ1) is 19.1. The van der Waals surface area contributed by atoms with Crippen molar-refractivity contribution in [2.45, 2.75) is 6.18 Å². The molecule has 1 aromatic carbocycles. The van der Waals surface area contributed by atoms with Crippen LogP contribution >= 0.6 is 23.2 Å². The summed E-state index contributed by atoms with van der Waals surface area (Å²) in [6.45, 7) is 0. The molecule has 2 rings (SSSR count). The standard InChI is InChI=1S/C14H10Cl2F3N3O3/c1-21(2)13-10(22(23)24)3-4-11(20-13)25-12-8(15)5-7(6-9(12)16)14(17,18)19/h3-6H,1-2H3. The molecule has 0 aliphatic carbocycles. The number of rotatable bonds is 4. The van der Waals surface area contributed by atoms with Gasteiger partial charge in [0.2, 0.25) is 11.7 Å². The molecule has 0 aliphatic heterocycles. The molecule has 0 bridgehead atoms. The Labute approximate surface area is 149 Å². The quantitative estimate of drug-likeness (QED) is 0.527. The van der Waals surface area contributed by atoms with Gasteiger partial charge in [0.1, 0.15) is 0 Å². The molecule has 0 amide bonds. The van der Waals surface area contributed by atoms with Crippen molar-refractivity contribution in [2.24, 2.45) is 0 Å². The maximum absolute atomic E-state index is 12.7. The number of pyridine rings is 1. The van der Waals surface area contributed by atoms with Gasteiger partial charge in [-0.15, -0.1) is 0 Å². The van der Waals surface area contributed by atoms with Gasteiger partial charge in [0.25, 0.3) is 0 Å². The van der Waals surface area contributed by atoms with Crippen molar-refractivity contribution < 1.29 is 22.8 Å². The summed E-state index contributed by atoms with van der Waals surface area (Å²) in [5.74, 6) is -0.345. The fourth-order valence-electron chi connectivity index (χ4n) is 1.88. The van der Waals surface area contributed by atoms with Crippen LogP contribution in [-0.4, -0.2) is 24.0 Å². The minimum atomic E-state index is -4.62. The van der Waals surface area contributed by atoms with E-state index in [0.717, 1.165) is 6.07 Å². The molecule has 0 radical (unpaired) electrons. The Kier molecular flexibility index (Phi) is 5.28. The number of aromatic nitrogens is 1. The van der Waals surface area contributed by atoms with Crippen LogP contribution in [0.4, 0.5) is 24.7 Å². The molecule has 0 saturated carbocycles. The lowest BCUT2D eigenvalue weighted by Crippen LogP contribution is -2.13. The molecule has 1 heterocycles.